The number of nitriles is 1. The maximum atomic E-state index is 8.81. The van der Waals surface area contributed by atoms with Gasteiger partial charge >= 0.3 is 0 Å². The number of hydrogen-bond donors (Lipinski definition) is 1. The van der Waals surface area contributed by atoms with E-state index in [1.807, 2.05) is 32.0 Å². The predicted molar refractivity (Wildman–Crippen MR) is 72.5 cm³/mol. The molecule has 0 saturated heterocycles. The number of benzene rings is 1. The molecule has 1 N–H and O–H groups in total. The molecule has 1 aromatic carbocycles. The molecular weight excluding hydrogens is 240 g/mol. The van der Waals surface area contributed by atoms with Gasteiger partial charge in [-0.05, 0) is 37.1 Å². The highest BCUT2D eigenvalue weighted by atomic mass is 16.5. The molecule has 96 valence electrons. The maximum Gasteiger partial charge on any atom is 0.145 e. The summed E-state index contributed by atoms with van der Waals surface area (Å²) in [5.74, 6) is 1.45. The second-order valence-electron chi connectivity index (χ2n) is 4.09. The summed E-state index contributed by atoms with van der Waals surface area (Å²) in [5, 5.41) is 12.0. The SMILES string of the molecule is COc1ccc(Nc2cc(C#N)ncn2)c(C)c1C. The van der Waals surface area contributed by atoms with Crippen LogP contribution in [0.2, 0.25) is 0 Å². The number of nitrogens with zero attached hydrogens (tertiary/aromatic N) is 3. The lowest BCUT2D eigenvalue weighted by molar-refractivity contribution is 0.411. The number of methoxy groups -OCH3 is 1. The molecule has 0 saturated carbocycles. The number of anilines is 2. The zero-order chi connectivity index (χ0) is 13.8. The largest absolute Gasteiger partial charge is 0.496 e. The Morgan fingerprint density at radius 2 is 2.00 bits per heavy atom. The summed E-state index contributed by atoms with van der Waals surface area (Å²) in [5.41, 5.74) is 3.42. The van der Waals surface area contributed by atoms with E-state index in [1.165, 1.54) is 6.33 Å². The molecule has 0 atom stereocenters. The third kappa shape index (κ3) is 2.63. The molecule has 2 aromatic rings. The summed E-state index contributed by atoms with van der Waals surface area (Å²) in [6, 6.07) is 7.42. The van der Waals surface area contributed by atoms with Gasteiger partial charge in [-0.15, -0.1) is 0 Å². The van der Waals surface area contributed by atoms with Crippen molar-refractivity contribution in [2.75, 3.05) is 12.4 Å². The second-order valence-corrected chi connectivity index (χ2v) is 4.09. The van der Waals surface area contributed by atoms with Crippen LogP contribution in [-0.4, -0.2) is 17.1 Å². The van der Waals surface area contributed by atoms with Gasteiger partial charge in [0.05, 0.1) is 7.11 Å². The topological polar surface area (TPSA) is 70.8 Å². The lowest BCUT2D eigenvalue weighted by Crippen LogP contribution is -1.99. The normalized spacial score (nSPS) is 9.79. The Kier molecular flexibility index (Phi) is 3.62. The Balaban J connectivity index is 2.34. The number of hydrogen-bond acceptors (Lipinski definition) is 5. The van der Waals surface area contributed by atoms with E-state index in [0.29, 0.717) is 11.5 Å². The van der Waals surface area contributed by atoms with Gasteiger partial charge in [0.15, 0.2) is 0 Å². The van der Waals surface area contributed by atoms with Crippen LogP contribution < -0.4 is 10.1 Å². The van der Waals surface area contributed by atoms with Crippen molar-refractivity contribution in [2.45, 2.75) is 13.8 Å². The zero-order valence-corrected chi connectivity index (χ0v) is 11.1. The summed E-state index contributed by atoms with van der Waals surface area (Å²) in [6.45, 7) is 4.01. The van der Waals surface area contributed by atoms with Crippen molar-refractivity contribution >= 4 is 11.5 Å². The molecule has 0 amide bonds. The molecule has 5 heteroatoms. The number of rotatable bonds is 3. The number of nitrogens with one attached hydrogen (secondary N) is 1. The highest BCUT2D eigenvalue weighted by molar-refractivity contribution is 5.64. The van der Waals surface area contributed by atoms with Crippen molar-refractivity contribution in [3.8, 4) is 11.8 Å². The fraction of sp³-hybridized carbons (Fsp3) is 0.214. The highest BCUT2D eigenvalue weighted by Gasteiger charge is 2.07. The minimum atomic E-state index is 0.334. The quantitative estimate of drug-likeness (QED) is 0.911. The van der Waals surface area contributed by atoms with Crippen LogP contribution in [0.25, 0.3) is 0 Å². The molecule has 19 heavy (non-hydrogen) atoms. The average molecular weight is 254 g/mol. The summed E-state index contributed by atoms with van der Waals surface area (Å²) in [7, 11) is 1.65. The molecule has 0 bridgehead atoms. The van der Waals surface area contributed by atoms with Gasteiger partial charge < -0.3 is 10.1 Å². The van der Waals surface area contributed by atoms with Gasteiger partial charge in [0, 0.05) is 11.8 Å². The third-order valence-electron chi connectivity index (χ3n) is 3.00. The summed E-state index contributed by atoms with van der Waals surface area (Å²) in [4.78, 5) is 7.93. The van der Waals surface area contributed by atoms with Crippen molar-refractivity contribution in [1.29, 1.82) is 5.26 Å². The summed E-state index contributed by atoms with van der Waals surface area (Å²) in [6.07, 6.45) is 1.37. The van der Waals surface area contributed by atoms with Crippen LogP contribution in [0.4, 0.5) is 11.5 Å². The number of aromatic nitrogens is 2. The van der Waals surface area contributed by atoms with E-state index in [0.717, 1.165) is 22.6 Å². The van der Waals surface area contributed by atoms with Crippen LogP contribution >= 0.6 is 0 Å². The lowest BCUT2D eigenvalue weighted by Gasteiger charge is -2.13. The molecule has 5 nitrogen and oxygen atoms in total. The van der Waals surface area contributed by atoms with Crippen LogP contribution in [0.3, 0.4) is 0 Å². The zero-order valence-electron chi connectivity index (χ0n) is 11.1. The molecule has 0 aliphatic heterocycles. The first-order valence-electron chi connectivity index (χ1n) is 5.79. The smallest absolute Gasteiger partial charge is 0.145 e. The molecule has 0 fully saturated rings. The Morgan fingerprint density at radius 3 is 2.68 bits per heavy atom. The monoisotopic (exact) mass is 254 g/mol. The van der Waals surface area contributed by atoms with Crippen LogP contribution in [0.15, 0.2) is 24.5 Å². The standard InChI is InChI=1S/C14H14N4O/c1-9-10(2)13(19-3)5-4-12(9)18-14-6-11(7-15)16-8-17-14/h4-6,8H,1-3H3,(H,16,17,18). The Morgan fingerprint density at radius 1 is 1.21 bits per heavy atom. The molecule has 2 rings (SSSR count). The molecule has 0 radical (unpaired) electrons. The third-order valence-corrected chi connectivity index (χ3v) is 3.00. The molecule has 0 aliphatic rings. The van der Waals surface area contributed by atoms with Crippen molar-refractivity contribution in [3.05, 3.63) is 41.3 Å². The van der Waals surface area contributed by atoms with Crippen molar-refractivity contribution < 1.29 is 4.74 Å². The highest BCUT2D eigenvalue weighted by Crippen LogP contribution is 2.28. The molecule has 0 spiro atoms. The van der Waals surface area contributed by atoms with Gasteiger partial charge in [-0.2, -0.15) is 5.26 Å². The Bertz CT molecular complexity index is 646. The molecular formula is C14H14N4O. The van der Waals surface area contributed by atoms with Gasteiger partial charge in [-0.25, -0.2) is 9.97 Å². The van der Waals surface area contributed by atoms with Gasteiger partial charge in [0.1, 0.15) is 29.7 Å². The van der Waals surface area contributed by atoms with Crippen LogP contribution in [0, 0.1) is 25.2 Å². The maximum absolute atomic E-state index is 8.81. The Labute approximate surface area is 111 Å². The van der Waals surface area contributed by atoms with E-state index in [1.54, 1.807) is 13.2 Å². The lowest BCUT2D eigenvalue weighted by atomic mass is 10.1. The first-order chi connectivity index (χ1) is 9.15. The van der Waals surface area contributed by atoms with Crippen molar-refractivity contribution in [2.24, 2.45) is 0 Å². The van der Waals surface area contributed by atoms with Crippen molar-refractivity contribution in [3.63, 3.8) is 0 Å². The first-order valence-corrected chi connectivity index (χ1v) is 5.79. The van der Waals surface area contributed by atoms with E-state index < -0.39 is 0 Å². The average Bonchev–Trinajstić information content (AvgIpc) is 2.44. The molecule has 1 aromatic heterocycles. The summed E-state index contributed by atoms with van der Waals surface area (Å²) >= 11 is 0. The minimum absolute atomic E-state index is 0.334. The molecule has 1 heterocycles. The van der Waals surface area contributed by atoms with E-state index >= 15 is 0 Å². The molecule has 0 unspecified atom stereocenters. The second kappa shape index (κ2) is 5.36. The fourth-order valence-corrected chi connectivity index (χ4v) is 1.78. The van der Waals surface area contributed by atoms with Gasteiger partial charge in [-0.3, -0.25) is 0 Å². The van der Waals surface area contributed by atoms with E-state index in [2.05, 4.69) is 15.3 Å². The van der Waals surface area contributed by atoms with Gasteiger partial charge in [-0.1, -0.05) is 0 Å². The summed E-state index contributed by atoms with van der Waals surface area (Å²) < 4.78 is 5.27. The van der Waals surface area contributed by atoms with E-state index in [4.69, 9.17) is 10.00 Å². The van der Waals surface area contributed by atoms with Crippen molar-refractivity contribution in [1.82, 2.24) is 9.97 Å². The minimum Gasteiger partial charge on any atom is -0.496 e. The predicted octanol–water partition coefficient (Wildman–Crippen LogP) is 2.72. The first kappa shape index (κ1) is 12.8. The van der Waals surface area contributed by atoms with E-state index in [9.17, 15) is 0 Å². The van der Waals surface area contributed by atoms with Gasteiger partial charge in [0.25, 0.3) is 0 Å². The van der Waals surface area contributed by atoms with Crippen LogP contribution in [0.5, 0.6) is 5.75 Å². The molecule has 0 aliphatic carbocycles. The number of ether oxygens (including phenoxy) is 1. The van der Waals surface area contributed by atoms with Crippen LogP contribution in [0.1, 0.15) is 16.8 Å². The van der Waals surface area contributed by atoms with Crippen LogP contribution in [-0.2, 0) is 0 Å². The van der Waals surface area contributed by atoms with Gasteiger partial charge in [0.2, 0.25) is 0 Å². The fourth-order valence-electron chi connectivity index (χ4n) is 1.78. The van der Waals surface area contributed by atoms with E-state index in [-0.39, 0.29) is 0 Å². The Hall–Kier alpha value is -2.61.